The van der Waals surface area contributed by atoms with Gasteiger partial charge in [0.2, 0.25) is 5.91 Å². The minimum absolute atomic E-state index is 0.275. The number of hydrogen-bond donors (Lipinski definition) is 4. The minimum atomic E-state index is -1.32. The monoisotopic (exact) mass is 174 g/mol. The molecule has 0 aliphatic rings. The zero-order valence-corrected chi connectivity index (χ0v) is 7.16. The molecule has 2 atom stereocenters. The Bertz CT molecular complexity index is 181. The molecule has 0 rings (SSSR count). The van der Waals surface area contributed by atoms with Gasteiger partial charge >= 0.3 is 0 Å². The van der Waals surface area contributed by atoms with Crippen LogP contribution in [-0.2, 0) is 4.79 Å². The summed E-state index contributed by atoms with van der Waals surface area (Å²) in [5.74, 6) is -0.489. The zero-order chi connectivity index (χ0) is 9.72. The van der Waals surface area contributed by atoms with Crippen molar-refractivity contribution >= 4 is 5.91 Å². The van der Waals surface area contributed by atoms with Gasteiger partial charge in [-0.1, -0.05) is 6.58 Å². The predicted octanol–water partition coefficient (Wildman–Crippen LogP) is -1.47. The van der Waals surface area contributed by atoms with Gasteiger partial charge in [-0.05, 0) is 14.0 Å². The first-order chi connectivity index (χ1) is 5.49. The number of hydrogen-bond acceptors (Lipinski definition) is 4. The smallest absolute Gasteiger partial charge is 0.248 e. The molecule has 5 nitrogen and oxygen atoms in total. The molecule has 0 aromatic carbocycles. The molecule has 0 radical (unpaired) electrons. The second-order valence-corrected chi connectivity index (χ2v) is 2.43. The Morgan fingerprint density at radius 3 is 2.25 bits per heavy atom. The molecule has 0 fully saturated rings. The molecule has 1 amide bonds. The SMILES string of the molecule is C=C(C)C(=O)NC(O)C(O)NC. The third-order valence-electron chi connectivity index (χ3n) is 1.26. The molecule has 0 spiro atoms. The van der Waals surface area contributed by atoms with Crippen LogP contribution in [0.5, 0.6) is 0 Å². The summed E-state index contributed by atoms with van der Waals surface area (Å²) in [6.07, 6.45) is -2.49. The fourth-order valence-corrected chi connectivity index (χ4v) is 0.494. The van der Waals surface area contributed by atoms with Crippen molar-refractivity contribution in [1.29, 1.82) is 0 Å². The van der Waals surface area contributed by atoms with Gasteiger partial charge in [-0.15, -0.1) is 0 Å². The average Bonchev–Trinajstić information content (AvgIpc) is 2.02. The Morgan fingerprint density at radius 2 is 1.92 bits per heavy atom. The second-order valence-electron chi connectivity index (χ2n) is 2.43. The van der Waals surface area contributed by atoms with Gasteiger partial charge in [-0.3, -0.25) is 10.1 Å². The highest BCUT2D eigenvalue weighted by Gasteiger charge is 2.15. The normalized spacial score (nSPS) is 15.0. The molecular formula is C7H14N2O3. The summed E-state index contributed by atoms with van der Waals surface area (Å²) in [7, 11) is 1.46. The zero-order valence-electron chi connectivity index (χ0n) is 7.16. The van der Waals surface area contributed by atoms with Gasteiger partial charge in [-0.25, -0.2) is 0 Å². The maximum absolute atomic E-state index is 10.9. The maximum Gasteiger partial charge on any atom is 0.248 e. The molecule has 12 heavy (non-hydrogen) atoms. The van der Waals surface area contributed by atoms with E-state index in [-0.39, 0.29) is 5.57 Å². The summed E-state index contributed by atoms with van der Waals surface area (Å²) in [6.45, 7) is 4.88. The lowest BCUT2D eigenvalue weighted by Gasteiger charge is -2.17. The molecule has 0 aliphatic carbocycles. The fourth-order valence-electron chi connectivity index (χ4n) is 0.494. The number of carbonyl (C=O) groups excluding carboxylic acids is 1. The third-order valence-corrected chi connectivity index (χ3v) is 1.26. The van der Waals surface area contributed by atoms with Crippen LogP contribution in [0, 0.1) is 0 Å². The first-order valence-corrected chi connectivity index (χ1v) is 3.48. The van der Waals surface area contributed by atoms with Crippen molar-refractivity contribution in [1.82, 2.24) is 10.6 Å². The Kier molecular flexibility index (Phi) is 4.50. The van der Waals surface area contributed by atoms with Crippen molar-refractivity contribution in [3.8, 4) is 0 Å². The van der Waals surface area contributed by atoms with Gasteiger partial charge in [0, 0.05) is 5.57 Å². The van der Waals surface area contributed by atoms with Crippen LogP contribution >= 0.6 is 0 Å². The fraction of sp³-hybridized carbons (Fsp3) is 0.571. The van der Waals surface area contributed by atoms with Crippen molar-refractivity contribution in [2.75, 3.05) is 7.05 Å². The molecule has 5 heteroatoms. The quantitative estimate of drug-likeness (QED) is 0.310. The van der Waals surface area contributed by atoms with Crippen LogP contribution < -0.4 is 10.6 Å². The number of rotatable bonds is 4. The van der Waals surface area contributed by atoms with E-state index in [2.05, 4.69) is 17.2 Å². The lowest BCUT2D eigenvalue weighted by atomic mass is 10.3. The third kappa shape index (κ3) is 3.47. The lowest BCUT2D eigenvalue weighted by Crippen LogP contribution is -2.48. The van der Waals surface area contributed by atoms with Crippen LogP contribution in [0.3, 0.4) is 0 Å². The van der Waals surface area contributed by atoms with Crippen LogP contribution in [0.4, 0.5) is 0 Å². The topological polar surface area (TPSA) is 81.6 Å². The van der Waals surface area contributed by atoms with Crippen molar-refractivity contribution in [2.24, 2.45) is 0 Å². The van der Waals surface area contributed by atoms with Crippen LogP contribution in [-0.4, -0.2) is 35.6 Å². The molecule has 0 aromatic rings. The van der Waals surface area contributed by atoms with E-state index in [1.165, 1.54) is 14.0 Å². The van der Waals surface area contributed by atoms with Crippen molar-refractivity contribution in [2.45, 2.75) is 19.4 Å². The highest BCUT2D eigenvalue weighted by molar-refractivity contribution is 5.92. The van der Waals surface area contributed by atoms with Gasteiger partial charge in [0.15, 0.2) is 6.23 Å². The van der Waals surface area contributed by atoms with E-state index in [0.29, 0.717) is 0 Å². The Morgan fingerprint density at radius 1 is 1.42 bits per heavy atom. The van der Waals surface area contributed by atoms with Crippen molar-refractivity contribution in [3.05, 3.63) is 12.2 Å². The lowest BCUT2D eigenvalue weighted by molar-refractivity contribution is -0.123. The summed E-state index contributed by atoms with van der Waals surface area (Å²) < 4.78 is 0. The Labute approximate surface area is 71.1 Å². The average molecular weight is 174 g/mol. The first kappa shape index (κ1) is 11.1. The number of aliphatic hydroxyl groups excluding tert-OH is 2. The molecule has 70 valence electrons. The molecule has 4 N–H and O–H groups in total. The van der Waals surface area contributed by atoms with E-state index in [1.54, 1.807) is 0 Å². The van der Waals surface area contributed by atoms with E-state index in [4.69, 9.17) is 10.2 Å². The highest BCUT2D eigenvalue weighted by Crippen LogP contribution is 1.89. The van der Waals surface area contributed by atoms with Crippen molar-refractivity contribution < 1.29 is 15.0 Å². The number of likely N-dealkylation sites (N-methyl/N-ethyl adjacent to an activating group) is 1. The number of amides is 1. The molecule has 0 saturated heterocycles. The van der Waals surface area contributed by atoms with Crippen LogP contribution in [0.25, 0.3) is 0 Å². The predicted molar refractivity (Wildman–Crippen MR) is 44.0 cm³/mol. The van der Waals surface area contributed by atoms with Gasteiger partial charge in [-0.2, -0.15) is 0 Å². The molecule has 0 heterocycles. The van der Waals surface area contributed by atoms with E-state index in [1.807, 2.05) is 0 Å². The van der Waals surface area contributed by atoms with Crippen LogP contribution in [0.15, 0.2) is 12.2 Å². The summed E-state index contributed by atoms with van der Waals surface area (Å²) in [4.78, 5) is 10.9. The number of carbonyl (C=O) groups is 1. The molecule has 0 saturated carbocycles. The highest BCUT2D eigenvalue weighted by atomic mass is 16.4. The Balaban J connectivity index is 3.92. The summed E-state index contributed by atoms with van der Waals surface area (Å²) in [5, 5.41) is 22.5. The number of aliphatic hydroxyl groups is 2. The van der Waals surface area contributed by atoms with Crippen LogP contribution in [0.2, 0.25) is 0 Å². The molecule has 0 bridgehead atoms. The van der Waals surface area contributed by atoms with E-state index in [9.17, 15) is 4.79 Å². The minimum Gasteiger partial charge on any atom is -0.374 e. The molecule has 0 aliphatic heterocycles. The van der Waals surface area contributed by atoms with E-state index < -0.39 is 18.4 Å². The first-order valence-electron chi connectivity index (χ1n) is 3.48. The van der Waals surface area contributed by atoms with E-state index >= 15 is 0 Å². The summed E-state index contributed by atoms with van der Waals surface area (Å²) >= 11 is 0. The van der Waals surface area contributed by atoms with Gasteiger partial charge < -0.3 is 15.5 Å². The van der Waals surface area contributed by atoms with Gasteiger partial charge in [0.25, 0.3) is 0 Å². The number of nitrogens with one attached hydrogen (secondary N) is 2. The Hall–Kier alpha value is -0.910. The van der Waals surface area contributed by atoms with Gasteiger partial charge in [0.05, 0.1) is 0 Å². The largest absolute Gasteiger partial charge is 0.374 e. The maximum atomic E-state index is 10.9. The molecule has 2 unspecified atom stereocenters. The summed E-state index contributed by atoms with van der Waals surface area (Å²) in [6, 6.07) is 0. The van der Waals surface area contributed by atoms with Crippen LogP contribution in [0.1, 0.15) is 6.92 Å². The second kappa shape index (κ2) is 4.87. The summed E-state index contributed by atoms with van der Waals surface area (Å²) in [5.41, 5.74) is 0.275. The van der Waals surface area contributed by atoms with E-state index in [0.717, 1.165) is 0 Å². The van der Waals surface area contributed by atoms with Crippen molar-refractivity contribution in [3.63, 3.8) is 0 Å². The van der Waals surface area contributed by atoms with Gasteiger partial charge in [0.1, 0.15) is 6.23 Å². The molecule has 0 aromatic heterocycles. The molecular weight excluding hydrogens is 160 g/mol. The standard InChI is InChI=1S/C7H14N2O3/c1-4(2)5(10)9-7(12)6(11)8-3/h6-8,11-12H,1H2,2-3H3,(H,9,10).